The van der Waals surface area contributed by atoms with E-state index in [0.29, 0.717) is 47.5 Å². The molecule has 3 aromatic rings. The SMILES string of the molecule is O=C(CS(=O)(=O)OF)OC(C12CC3CC(CC(O)(C3)C1)C2)S(F)(c1ccccc1)c1ccc(-c2ccc(COCC34CC5CC(CC(C5)C3)C4)cc2)cc1. The molecule has 0 spiro atoms. The summed E-state index contributed by atoms with van der Waals surface area (Å²) in [6, 6.07) is 24.1. The third-order valence-electron chi connectivity index (χ3n) is 13.9. The largest absolute Gasteiger partial charge is 0.448 e. The molecule has 54 heavy (non-hydrogen) atoms. The van der Waals surface area contributed by atoms with E-state index in [1.54, 1.807) is 42.5 Å². The van der Waals surface area contributed by atoms with Crippen molar-refractivity contribution in [1.29, 1.82) is 0 Å². The molecule has 0 aliphatic heterocycles. The molecule has 0 heterocycles. The number of aliphatic hydroxyl groups is 1. The molecule has 0 aromatic heterocycles. The highest BCUT2D eigenvalue weighted by atomic mass is 32.3. The topological polar surface area (TPSA) is 99.1 Å². The minimum Gasteiger partial charge on any atom is -0.448 e. The van der Waals surface area contributed by atoms with E-state index in [1.807, 2.05) is 12.1 Å². The summed E-state index contributed by atoms with van der Waals surface area (Å²) in [5, 5.41) is 11.7. The van der Waals surface area contributed by atoms with Gasteiger partial charge in [-0.2, -0.15) is 12.3 Å². The number of ether oxygens (including phenoxy) is 2. The maximum atomic E-state index is 18.8. The Hall–Kier alpha value is -2.83. The zero-order valence-corrected chi connectivity index (χ0v) is 32.2. The number of carbonyl (C=O) groups is 1. The third kappa shape index (κ3) is 6.84. The first-order valence-corrected chi connectivity index (χ1v) is 22.8. The van der Waals surface area contributed by atoms with E-state index in [4.69, 9.17) is 9.47 Å². The molecule has 0 saturated heterocycles. The molecule has 0 amide bonds. The number of carbonyl (C=O) groups excluding carboxylic acids is 1. The standard InChI is InChI=1S/C43H50F2O7S2/c44-52-53(48,49)26-39(46)51-40(42-21-33-17-34(22-42)24-43(47,23-33)27-42)54(45,37-4-2-1-3-5-37)38-12-10-36(11-13-38)35-8-6-29(7-9-35)25-50-28-41-18-30-14-31(19-41)16-32(15-30)20-41/h1-13,30-34,40,47H,14-28H2. The predicted octanol–water partition coefficient (Wildman–Crippen LogP) is 9.63. The lowest BCUT2D eigenvalue weighted by Crippen LogP contribution is -2.60. The summed E-state index contributed by atoms with van der Waals surface area (Å²) >= 11 is 0. The zero-order chi connectivity index (χ0) is 37.3. The maximum Gasteiger partial charge on any atom is 0.324 e. The molecular formula is C43H50F2O7S2. The Kier molecular flexibility index (Phi) is 9.32. The first-order chi connectivity index (χ1) is 25.9. The molecule has 8 saturated carbocycles. The van der Waals surface area contributed by atoms with Crippen LogP contribution in [-0.2, 0) is 35.4 Å². The predicted molar refractivity (Wildman–Crippen MR) is 202 cm³/mol. The lowest BCUT2D eigenvalue weighted by atomic mass is 9.48. The molecule has 8 bridgehead atoms. The van der Waals surface area contributed by atoms with Crippen molar-refractivity contribution < 1.29 is 40.6 Å². The van der Waals surface area contributed by atoms with Gasteiger partial charge in [-0.3, -0.25) is 4.79 Å². The molecule has 11 heteroatoms. The fourth-order valence-corrected chi connectivity index (χ4v) is 16.4. The number of halogens is 2. The highest BCUT2D eigenvalue weighted by Gasteiger charge is 2.65. The van der Waals surface area contributed by atoms with Gasteiger partial charge in [-0.05, 0) is 158 Å². The second-order valence-electron chi connectivity index (χ2n) is 18.2. The van der Waals surface area contributed by atoms with Gasteiger partial charge >= 0.3 is 16.1 Å². The van der Waals surface area contributed by atoms with Gasteiger partial charge in [0.05, 0.1) is 18.8 Å². The van der Waals surface area contributed by atoms with Crippen LogP contribution in [0.5, 0.6) is 0 Å². The van der Waals surface area contributed by atoms with Crippen LogP contribution in [0, 0.1) is 40.4 Å². The summed E-state index contributed by atoms with van der Waals surface area (Å²) in [6.45, 7) is 1.41. The van der Waals surface area contributed by atoms with Gasteiger partial charge in [0.15, 0.2) is 11.2 Å². The minimum atomic E-state index is -4.87. The average molecular weight is 781 g/mol. The minimum absolute atomic E-state index is 0.127. The van der Waals surface area contributed by atoms with Gasteiger partial charge in [-0.15, -0.1) is 0 Å². The van der Waals surface area contributed by atoms with E-state index in [1.165, 1.54) is 38.5 Å². The van der Waals surface area contributed by atoms with Crippen LogP contribution in [0.3, 0.4) is 0 Å². The second kappa shape index (κ2) is 13.7. The molecule has 11 rings (SSSR count). The van der Waals surface area contributed by atoms with Crippen LogP contribution in [0.4, 0.5) is 8.41 Å². The van der Waals surface area contributed by atoms with Crippen LogP contribution in [0.15, 0.2) is 88.7 Å². The number of hydrogen-bond donors (Lipinski definition) is 1. The van der Waals surface area contributed by atoms with Crippen molar-refractivity contribution in [3.63, 3.8) is 0 Å². The van der Waals surface area contributed by atoms with Crippen LogP contribution < -0.4 is 0 Å². The van der Waals surface area contributed by atoms with Crippen molar-refractivity contribution >= 4 is 26.5 Å². The van der Waals surface area contributed by atoms with Gasteiger partial charge in [-0.1, -0.05) is 59.0 Å². The molecule has 0 radical (unpaired) electrons. The van der Waals surface area contributed by atoms with Crippen molar-refractivity contribution in [3.05, 3.63) is 84.4 Å². The lowest BCUT2D eigenvalue weighted by molar-refractivity contribution is -0.193. The highest BCUT2D eigenvalue weighted by molar-refractivity contribution is 8.30. The van der Waals surface area contributed by atoms with E-state index in [9.17, 15) is 22.8 Å². The van der Waals surface area contributed by atoms with Crippen molar-refractivity contribution in [2.45, 2.75) is 104 Å². The van der Waals surface area contributed by atoms with Gasteiger partial charge in [-0.25, -0.2) is 0 Å². The second-order valence-corrected chi connectivity index (χ2v) is 22.2. The Morgan fingerprint density at radius 2 is 1.28 bits per heavy atom. The molecule has 7 nitrogen and oxygen atoms in total. The summed E-state index contributed by atoms with van der Waals surface area (Å²) in [4.78, 5) is 13.9. The van der Waals surface area contributed by atoms with Gasteiger partial charge in [0, 0.05) is 25.6 Å². The van der Waals surface area contributed by atoms with E-state index < -0.39 is 48.7 Å². The first-order valence-electron chi connectivity index (χ1n) is 19.6. The van der Waals surface area contributed by atoms with Crippen molar-refractivity contribution in [2.75, 3.05) is 12.4 Å². The molecular weight excluding hydrogens is 731 g/mol. The van der Waals surface area contributed by atoms with Crippen LogP contribution in [0.25, 0.3) is 11.1 Å². The summed E-state index contributed by atoms with van der Waals surface area (Å²) in [5.74, 6) is 0.271. The molecule has 8 fully saturated rings. The van der Waals surface area contributed by atoms with Gasteiger partial charge < -0.3 is 14.6 Å². The Morgan fingerprint density at radius 1 is 0.741 bits per heavy atom. The van der Waals surface area contributed by atoms with Gasteiger partial charge in [0.1, 0.15) is 0 Å². The van der Waals surface area contributed by atoms with E-state index in [-0.39, 0.29) is 18.3 Å². The molecule has 290 valence electrons. The van der Waals surface area contributed by atoms with E-state index in [0.717, 1.165) is 47.5 Å². The number of benzene rings is 3. The number of esters is 1. The van der Waals surface area contributed by atoms with E-state index in [2.05, 4.69) is 28.7 Å². The van der Waals surface area contributed by atoms with Gasteiger partial charge in [0.25, 0.3) is 0 Å². The fraction of sp³-hybridized carbons (Fsp3) is 0.558. The quantitative estimate of drug-likeness (QED) is 0.173. The van der Waals surface area contributed by atoms with Crippen molar-refractivity contribution in [1.82, 2.24) is 0 Å². The molecule has 4 unspecified atom stereocenters. The van der Waals surface area contributed by atoms with Crippen LogP contribution in [0.2, 0.25) is 0 Å². The van der Waals surface area contributed by atoms with Crippen LogP contribution >= 0.6 is 10.4 Å². The van der Waals surface area contributed by atoms with E-state index >= 15 is 3.89 Å². The summed E-state index contributed by atoms with van der Waals surface area (Å²) in [6.07, 6.45) is 11.7. The Labute approximate surface area is 318 Å². The summed E-state index contributed by atoms with van der Waals surface area (Å²) < 4.78 is 71.2. The average Bonchev–Trinajstić information content (AvgIpc) is 3.12. The van der Waals surface area contributed by atoms with Gasteiger partial charge in [0.2, 0.25) is 0 Å². The molecule has 1 N–H and O–H groups in total. The normalized spacial score (nSPS) is 35.7. The number of hydrogen-bond acceptors (Lipinski definition) is 7. The Morgan fingerprint density at radius 3 is 1.83 bits per heavy atom. The van der Waals surface area contributed by atoms with Crippen LogP contribution in [-0.4, -0.2) is 42.9 Å². The van der Waals surface area contributed by atoms with Crippen molar-refractivity contribution in [3.8, 4) is 11.1 Å². The zero-order valence-electron chi connectivity index (χ0n) is 30.5. The Bertz CT molecular complexity index is 1920. The Balaban J connectivity index is 0.984. The van der Waals surface area contributed by atoms with Crippen LogP contribution in [0.1, 0.15) is 82.6 Å². The number of rotatable bonds is 13. The summed E-state index contributed by atoms with van der Waals surface area (Å²) in [5.41, 5.74) is -0.0471. The smallest absolute Gasteiger partial charge is 0.324 e. The fourth-order valence-electron chi connectivity index (χ4n) is 12.9. The lowest BCUT2D eigenvalue weighted by Gasteiger charge is -2.63. The molecule has 4 atom stereocenters. The molecule has 8 aliphatic carbocycles. The van der Waals surface area contributed by atoms with Crippen molar-refractivity contribution in [2.24, 2.45) is 40.4 Å². The molecule has 3 aromatic carbocycles. The monoisotopic (exact) mass is 780 g/mol. The summed E-state index contributed by atoms with van der Waals surface area (Å²) in [7, 11) is -8.59. The molecule has 8 aliphatic rings. The highest BCUT2D eigenvalue weighted by Crippen LogP contribution is 2.76. The third-order valence-corrected chi connectivity index (χ3v) is 17.8. The maximum absolute atomic E-state index is 18.8. The first kappa shape index (κ1) is 36.8.